The Morgan fingerprint density at radius 2 is 2.05 bits per heavy atom. The second kappa shape index (κ2) is 6.24. The molecule has 0 bridgehead atoms. The highest BCUT2D eigenvalue weighted by Gasteiger charge is 2.24. The lowest BCUT2D eigenvalue weighted by molar-refractivity contribution is 0.0255. The van der Waals surface area contributed by atoms with Gasteiger partial charge in [0.05, 0.1) is 5.56 Å². The first-order chi connectivity index (χ1) is 10.1. The number of carbonyl (C=O) groups excluding carboxylic acids is 1. The third kappa shape index (κ3) is 3.16. The smallest absolute Gasteiger partial charge is 0.339 e. The van der Waals surface area contributed by atoms with Crippen LogP contribution in [-0.4, -0.2) is 5.97 Å². The lowest BCUT2D eigenvalue weighted by Crippen LogP contribution is -2.17. The molecule has 1 aliphatic rings. The quantitative estimate of drug-likeness (QED) is 0.602. The molecular weight excluding hydrogens is 348 g/mol. The molecule has 1 atom stereocenters. The van der Waals surface area contributed by atoms with Gasteiger partial charge in [0.1, 0.15) is 6.10 Å². The largest absolute Gasteiger partial charge is 0.454 e. The van der Waals surface area contributed by atoms with Crippen LogP contribution in [0.2, 0.25) is 0 Å². The number of carbonyl (C=O) groups is 1. The number of esters is 1. The van der Waals surface area contributed by atoms with E-state index in [1.165, 1.54) is 5.56 Å². The van der Waals surface area contributed by atoms with Gasteiger partial charge in [0.25, 0.3) is 0 Å². The topological polar surface area (TPSA) is 26.3 Å². The maximum absolute atomic E-state index is 12.4. The number of ether oxygens (including phenoxy) is 1. The first kappa shape index (κ1) is 14.7. The van der Waals surface area contributed by atoms with Crippen molar-refractivity contribution in [3.05, 3.63) is 63.6 Å². The molecule has 0 radical (unpaired) electrons. The van der Waals surface area contributed by atoms with Crippen molar-refractivity contribution in [3.63, 3.8) is 0 Å². The Hall–Kier alpha value is -1.26. The molecule has 2 aromatic carbocycles. The number of rotatable bonds is 2. The Balaban J connectivity index is 1.84. The van der Waals surface area contributed by atoms with Crippen LogP contribution in [0.3, 0.4) is 0 Å². The second-order valence-electron chi connectivity index (χ2n) is 5.15. The molecule has 0 aromatic heterocycles. The van der Waals surface area contributed by atoms with Gasteiger partial charge in [-0.05, 0) is 64.5 Å². The summed E-state index contributed by atoms with van der Waals surface area (Å²) in [5.41, 5.74) is 2.93. The van der Waals surface area contributed by atoms with Gasteiger partial charge < -0.3 is 4.74 Å². The number of hydrogen-bond donors (Lipinski definition) is 1. The maximum Gasteiger partial charge on any atom is 0.339 e. The summed E-state index contributed by atoms with van der Waals surface area (Å²) in [6.07, 6.45) is 2.82. The number of aryl methyl sites for hydroxylation is 1. The fourth-order valence-electron chi connectivity index (χ4n) is 2.69. The minimum Gasteiger partial charge on any atom is -0.454 e. The van der Waals surface area contributed by atoms with E-state index >= 15 is 0 Å². The van der Waals surface area contributed by atoms with E-state index in [1.807, 2.05) is 24.3 Å². The molecule has 0 spiro atoms. The van der Waals surface area contributed by atoms with Gasteiger partial charge >= 0.3 is 5.97 Å². The van der Waals surface area contributed by atoms with Gasteiger partial charge in [-0.2, -0.15) is 0 Å². The highest BCUT2D eigenvalue weighted by molar-refractivity contribution is 9.10. The molecule has 1 aliphatic carbocycles. The molecule has 0 fully saturated rings. The van der Waals surface area contributed by atoms with Crippen LogP contribution in [0.15, 0.2) is 51.8 Å². The molecule has 0 amide bonds. The van der Waals surface area contributed by atoms with Crippen molar-refractivity contribution in [2.45, 2.75) is 30.3 Å². The van der Waals surface area contributed by atoms with E-state index in [1.54, 1.807) is 6.07 Å². The van der Waals surface area contributed by atoms with E-state index in [0.717, 1.165) is 34.2 Å². The van der Waals surface area contributed by atoms with Crippen molar-refractivity contribution in [1.82, 2.24) is 0 Å². The third-order valence-electron chi connectivity index (χ3n) is 3.73. The summed E-state index contributed by atoms with van der Waals surface area (Å²) in [5.74, 6) is -0.306. The highest BCUT2D eigenvalue weighted by Crippen LogP contribution is 2.33. The predicted molar refractivity (Wildman–Crippen MR) is 88.9 cm³/mol. The number of fused-ring (bicyclic) bond motifs is 1. The normalized spacial score (nSPS) is 17.1. The molecule has 4 heteroatoms. The summed E-state index contributed by atoms with van der Waals surface area (Å²) < 4.78 is 6.47. The summed E-state index contributed by atoms with van der Waals surface area (Å²) in [6.45, 7) is 0. The predicted octanol–water partition coefficient (Wildman–Crippen LogP) is 4.97. The monoisotopic (exact) mass is 362 g/mol. The van der Waals surface area contributed by atoms with Crippen LogP contribution >= 0.6 is 28.6 Å². The molecule has 3 rings (SSSR count). The summed E-state index contributed by atoms with van der Waals surface area (Å²) in [6, 6.07) is 13.6. The van der Waals surface area contributed by atoms with Gasteiger partial charge in [0, 0.05) is 9.37 Å². The minimum absolute atomic E-state index is 0.155. The van der Waals surface area contributed by atoms with Gasteiger partial charge in [-0.3, -0.25) is 0 Å². The molecular formula is C17H15BrO2S. The zero-order chi connectivity index (χ0) is 14.8. The molecule has 1 unspecified atom stereocenters. The lowest BCUT2D eigenvalue weighted by atomic mass is 9.89. The Bertz CT molecular complexity index is 684. The van der Waals surface area contributed by atoms with Crippen molar-refractivity contribution in [1.29, 1.82) is 0 Å². The zero-order valence-electron chi connectivity index (χ0n) is 11.4. The standard InChI is InChI=1S/C17H15BrO2S/c18-15-9-8-12(21)10-14(15)17(19)20-16-7-3-5-11-4-1-2-6-13(11)16/h1-2,4,6,8-10,16,21H,3,5,7H2. The van der Waals surface area contributed by atoms with Gasteiger partial charge in [0.2, 0.25) is 0 Å². The summed E-state index contributed by atoms with van der Waals surface area (Å²) in [4.78, 5) is 13.2. The van der Waals surface area contributed by atoms with Crippen LogP contribution in [0.1, 0.15) is 40.4 Å². The first-order valence-electron chi connectivity index (χ1n) is 6.92. The second-order valence-corrected chi connectivity index (χ2v) is 6.52. The van der Waals surface area contributed by atoms with Gasteiger partial charge in [-0.1, -0.05) is 24.3 Å². The number of benzene rings is 2. The summed E-state index contributed by atoms with van der Waals surface area (Å²) in [7, 11) is 0. The molecule has 0 aliphatic heterocycles. The lowest BCUT2D eigenvalue weighted by Gasteiger charge is -2.25. The Morgan fingerprint density at radius 1 is 1.24 bits per heavy atom. The minimum atomic E-state index is -0.306. The molecule has 21 heavy (non-hydrogen) atoms. The van der Waals surface area contributed by atoms with Crippen LogP contribution in [0.5, 0.6) is 0 Å². The number of halogens is 1. The molecule has 0 N–H and O–H groups in total. The zero-order valence-corrected chi connectivity index (χ0v) is 13.9. The van der Waals surface area contributed by atoms with E-state index in [9.17, 15) is 4.79 Å². The molecule has 0 saturated carbocycles. The van der Waals surface area contributed by atoms with Crippen LogP contribution < -0.4 is 0 Å². The van der Waals surface area contributed by atoms with Crippen molar-refractivity contribution < 1.29 is 9.53 Å². The van der Waals surface area contributed by atoms with E-state index in [2.05, 4.69) is 40.7 Å². The Morgan fingerprint density at radius 3 is 2.90 bits per heavy atom. The van der Waals surface area contributed by atoms with Crippen molar-refractivity contribution in [2.75, 3.05) is 0 Å². The molecule has 2 aromatic rings. The van der Waals surface area contributed by atoms with Crippen molar-refractivity contribution in [3.8, 4) is 0 Å². The average Bonchev–Trinajstić information content (AvgIpc) is 2.50. The van der Waals surface area contributed by atoms with Crippen LogP contribution in [0, 0.1) is 0 Å². The SMILES string of the molecule is O=C(OC1CCCc2ccccc21)c1cc(S)ccc1Br. The third-order valence-corrected chi connectivity index (χ3v) is 4.70. The fourth-order valence-corrected chi connectivity index (χ4v) is 3.31. The number of hydrogen-bond acceptors (Lipinski definition) is 3. The van der Waals surface area contributed by atoms with E-state index in [4.69, 9.17) is 4.74 Å². The first-order valence-corrected chi connectivity index (χ1v) is 8.16. The number of thiol groups is 1. The average molecular weight is 363 g/mol. The molecule has 108 valence electrons. The van der Waals surface area contributed by atoms with E-state index < -0.39 is 0 Å². The maximum atomic E-state index is 12.4. The van der Waals surface area contributed by atoms with Gasteiger partial charge in [0.15, 0.2) is 0 Å². The Kier molecular flexibility index (Phi) is 4.36. The van der Waals surface area contributed by atoms with Gasteiger partial charge in [-0.15, -0.1) is 12.6 Å². The molecule has 0 saturated heterocycles. The van der Waals surface area contributed by atoms with Crippen molar-refractivity contribution >= 4 is 34.5 Å². The molecule has 0 heterocycles. The fraction of sp³-hybridized carbons (Fsp3) is 0.235. The molecule has 2 nitrogen and oxygen atoms in total. The summed E-state index contributed by atoms with van der Waals surface area (Å²) >= 11 is 7.67. The summed E-state index contributed by atoms with van der Waals surface area (Å²) in [5, 5.41) is 0. The van der Waals surface area contributed by atoms with Crippen LogP contribution in [-0.2, 0) is 11.2 Å². The van der Waals surface area contributed by atoms with Crippen LogP contribution in [0.4, 0.5) is 0 Å². The van der Waals surface area contributed by atoms with Crippen molar-refractivity contribution in [2.24, 2.45) is 0 Å². The highest BCUT2D eigenvalue weighted by atomic mass is 79.9. The van der Waals surface area contributed by atoms with E-state index in [-0.39, 0.29) is 12.1 Å². The van der Waals surface area contributed by atoms with Gasteiger partial charge in [-0.25, -0.2) is 4.79 Å². The van der Waals surface area contributed by atoms with Crippen LogP contribution in [0.25, 0.3) is 0 Å². The van der Waals surface area contributed by atoms with E-state index in [0.29, 0.717) is 5.56 Å². The Labute approximate surface area is 138 Å².